The van der Waals surface area contributed by atoms with Crippen LogP contribution in [0.3, 0.4) is 0 Å². The standard InChI is InChI=1S/C73H50N2/c1-6-24-52(25-7-1)59-34-16-17-36-63(59)71-60(53-26-8-2-9-27-53)38-22-42-68(71)75(58-47-44-51(45-48-58)54-46-49-62-61-35-19-21-41-67(61)74(70(62)50-54)57-32-14-5-15-33-57)69-43-23-40-66-72(69)64-37-18-20-39-65(64)73(66,55-28-10-3-11-29-55)56-30-12-4-13-31-56/h1-50H. The van der Waals surface area contributed by atoms with Gasteiger partial charge in [-0.3, -0.25) is 0 Å². The zero-order chi connectivity index (χ0) is 49.7. The highest BCUT2D eigenvalue weighted by Crippen LogP contribution is 2.60. The summed E-state index contributed by atoms with van der Waals surface area (Å²) in [6, 6.07) is 112. The first-order valence-electron chi connectivity index (χ1n) is 25.9. The Morgan fingerprint density at radius 3 is 1.44 bits per heavy atom. The summed E-state index contributed by atoms with van der Waals surface area (Å²) in [5.41, 5.74) is 23.0. The highest BCUT2D eigenvalue weighted by Gasteiger charge is 2.47. The normalized spacial score (nSPS) is 12.4. The van der Waals surface area contributed by atoms with Gasteiger partial charge in [0.05, 0.1) is 27.8 Å². The molecular formula is C73H50N2. The molecule has 0 spiro atoms. The summed E-state index contributed by atoms with van der Waals surface area (Å²) in [6.07, 6.45) is 0. The van der Waals surface area contributed by atoms with E-state index in [1.807, 2.05) is 0 Å². The molecule has 1 heterocycles. The fourth-order valence-electron chi connectivity index (χ4n) is 12.3. The van der Waals surface area contributed by atoms with Crippen LogP contribution in [0.1, 0.15) is 22.3 Å². The molecule has 0 N–H and O–H groups in total. The molecule has 0 saturated heterocycles. The number of fused-ring (bicyclic) bond motifs is 6. The van der Waals surface area contributed by atoms with Gasteiger partial charge in [0.1, 0.15) is 0 Å². The summed E-state index contributed by atoms with van der Waals surface area (Å²) < 4.78 is 2.40. The Labute approximate surface area is 438 Å². The average molecular weight is 955 g/mol. The minimum atomic E-state index is -0.574. The fraction of sp³-hybridized carbons (Fsp3) is 0.0137. The predicted molar refractivity (Wildman–Crippen MR) is 315 cm³/mol. The molecule has 0 atom stereocenters. The van der Waals surface area contributed by atoms with Crippen molar-refractivity contribution in [3.05, 3.63) is 326 Å². The van der Waals surface area contributed by atoms with Crippen LogP contribution in [0.4, 0.5) is 17.1 Å². The molecule has 2 nitrogen and oxygen atoms in total. The van der Waals surface area contributed by atoms with Gasteiger partial charge in [-0.2, -0.15) is 0 Å². The van der Waals surface area contributed by atoms with E-state index in [9.17, 15) is 0 Å². The van der Waals surface area contributed by atoms with Crippen molar-refractivity contribution in [2.75, 3.05) is 4.90 Å². The maximum Gasteiger partial charge on any atom is 0.0714 e. The van der Waals surface area contributed by atoms with E-state index < -0.39 is 5.41 Å². The van der Waals surface area contributed by atoms with E-state index in [0.717, 1.165) is 56.1 Å². The molecule has 352 valence electrons. The topological polar surface area (TPSA) is 8.17 Å². The molecule has 75 heavy (non-hydrogen) atoms. The van der Waals surface area contributed by atoms with Gasteiger partial charge in [-0.15, -0.1) is 0 Å². The number of rotatable bonds is 10. The number of benzene rings is 12. The first kappa shape index (κ1) is 44.0. The predicted octanol–water partition coefficient (Wildman–Crippen LogP) is 19.3. The third-order valence-electron chi connectivity index (χ3n) is 15.5. The van der Waals surface area contributed by atoms with Gasteiger partial charge in [0.2, 0.25) is 0 Å². The molecular weight excluding hydrogens is 905 g/mol. The Morgan fingerprint density at radius 2 is 0.760 bits per heavy atom. The number of aromatic nitrogens is 1. The lowest BCUT2D eigenvalue weighted by Crippen LogP contribution is -2.28. The first-order chi connectivity index (χ1) is 37.3. The SMILES string of the molecule is c1ccc(-c2ccccc2-c2c(-c3ccccc3)cccc2N(c2ccc(-c3ccc4c5ccccc5n(-c5ccccc5)c4c3)cc2)c2cccc3c2-c2ccccc2C3(c2ccccc2)c2ccccc2)cc1. The van der Waals surface area contributed by atoms with Crippen molar-refractivity contribution in [3.63, 3.8) is 0 Å². The molecule has 0 unspecified atom stereocenters. The van der Waals surface area contributed by atoms with Gasteiger partial charge in [-0.05, 0) is 115 Å². The first-order valence-corrected chi connectivity index (χ1v) is 25.9. The fourth-order valence-corrected chi connectivity index (χ4v) is 12.3. The van der Waals surface area contributed by atoms with E-state index in [4.69, 9.17) is 0 Å². The molecule has 1 aliphatic rings. The molecule has 1 aliphatic carbocycles. The van der Waals surface area contributed by atoms with Crippen molar-refractivity contribution in [3.8, 4) is 61.3 Å². The highest BCUT2D eigenvalue weighted by atomic mass is 15.1. The van der Waals surface area contributed by atoms with Crippen LogP contribution in [0.5, 0.6) is 0 Å². The lowest BCUT2D eigenvalue weighted by Gasteiger charge is -2.35. The van der Waals surface area contributed by atoms with E-state index >= 15 is 0 Å². The van der Waals surface area contributed by atoms with Crippen LogP contribution in [0.2, 0.25) is 0 Å². The van der Waals surface area contributed by atoms with Crippen LogP contribution >= 0.6 is 0 Å². The molecule has 0 bridgehead atoms. The Morgan fingerprint density at radius 1 is 0.280 bits per heavy atom. The molecule has 13 aromatic rings. The molecule has 0 radical (unpaired) electrons. The molecule has 0 saturated carbocycles. The van der Waals surface area contributed by atoms with E-state index in [1.54, 1.807) is 0 Å². The second-order valence-corrected chi connectivity index (χ2v) is 19.5. The van der Waals surface area contributed by atoms with Crippen LogP contribution in [-0.4, -0.2) is 4.57 Å². The quantitative estimate of drug-likeness (QED) is 0.133. The summed E-state index contributed by atoms with van der Waals surface area (Å²) in [7, 11) is 0. The zero-order valence-corrected chi connectivity index (χ0v) is 41.3. The number of para-hydroxylation sites is 2. The largest absolute Gasteiger partial charge is 0.309 e. The number of anilines is 3. The van der Waals surface area contributed by atoms with Crippen molar-refractivity contribution < 1.29 is 0 Å². The third kappa shape index (κ3) is 7.17. The maximum atomic E-state index is 2.55. The van der Waals surface area contributed by atoms with E-state index in [-0.39, 0.29) is 0 Å². The van der Waals surface area contributed by atoms with Gasteiger partial charge in [-0.1, -0.05) is 255 Å². The van der Waals surface area contributed by atoms with Gasteiger partial charge in [0.15, 0.2) is 0 Å². The van der Waals surface area contributed by atoms with E-state index in [1.165, 1.54) is 66.3 Å². The average Bonchev–Trinajstić information content (AvgIpc) is 4.09. The van der Waals surface area contributed by atoms with Crippen molar-refractivity contribution in [2.45, 2.75) is 5.41 Å². The Hall–Kier alpha value is -9.76. The van der Waals surface area contributed by atoms with Crippen molar-refractivity contribution in [2.24, 2.45) is 0 Å². The van der Waals surface area contributed by atoms with Gasteiger partial charge in [-0.25, -0.2) is 0 Å². The van der Waals surface area contributed by atoms with Gasteiger partial charge in [0.25, 0.3) is 0 Å². The second kappa shape index (κ2) is 18.4. The minimum absolute atomic E-state index is 0.574. The number of hydrogen-bond acceptors (Lipinski definition) is 1. The monoisotopic (exact) mass is 954 g/mol. The molecule has 0 fully saturated rings. The van der Waals surface area contributed by atoms with Gasteiger partial charge < -0.3 is 9.47 Å². The maximum absolute atomic E-state index is 2.55. The lowest BCUT2D eigenvalue weighted by atomic mass is 9.68. The Bertz CT molecular complexity index is 4160. The van der Waals surface area contributed by atoms with Crippen molar-refractivity contribution in [1.29, 1.82) is 0 Å². The molecule has 0 aliphatic heterocycles. The van der Waals surface area contributed by atoms with Crippen LogP contribution in [0.15, 0.2) is 303 Å². The van der Waals surface area contributed by atoms with E-state index in [2.05, 4.69) is 313 Å². The highest BCUT2D eigenvalue weighted by molar-refractivity contribution is 6.10. The summed E-state index contributed by atoms with van der Waals surface area (Å²) in [4.78, 5) is 2.55. The summed E-state index contributed by atoms with van der Waals surface area (Å²) in [5.74, 6) is 0. The molecule has 0 amide bonds. The van der Waals surface area contributed by atoms with Gasteiger partial charge in [0, 0.05) is 33.3 Å². The molecule has 2 heteroatoms. The summed E-state index contributed by atoms with van der Waals surface area (Å²) in [6.45, 7) is 0. The van der Waals surface area contributed by atoms with Gasteiger partial charge >= 0.3 is 0 Å². The van der Waals surface area contributed by atoms with Crippen LogP contribution in [-0.2, 0) is 5.41 Å². The zero-order valence-electron chi connectivity index (χ0n) is 41.3. The van der Waals surface area contributed by atoms with E-state index in [0.29, 0.717) is 0 Å². The Balaban J connectivity index is 1.04. The minimum Gasteiger partial charge on any atom is -0.309 e. The third-order valence-corrected chi connectivity index (χ3v) is 15.5. The second-order valence-electron chi connectivity index (χ2n) is 19.5. The van der Waals surface area contributed by atoms with Crippen LogP contribution in [0, 0.1) is 0 Å². The van der Waals surface area contributed by atoms with Crippen LogP contribution in [0.25, 0.3) is 83.1 Å². The molecule has 12 aromatic carbocycles. The van der Waals surface area contributed by atoms with Crippen molar-refractivity contribution in [1.82, 2.24) is 4.57 Å². The lowest BCUT2D eigenvalue weighted by molar-refractivity contribution is 0.768. The van der Waals surface area contributed by atoms with Crippen molar-refractivity contribution >= 4 is 38.9 Å². The number of nitrogens with zero attached hydrogens (tertiary/aromatic N) is 2. The number of hydrogen-bond donors (Lipinski definition) is 0. The molecule has 1 aromatic heterocycles. The summed E-state index contributed by atoms with van der Waals surface area (Å²) in [5, 5.41) is 2.49. The smallest absolute Gasteiger partial charge is 0.0714 e. The van der Waals surface area contributed by atoms with Crippen LogP contribution < -0.4 is 4.90 Å². The molecule has 14 rings (SSSR count). The summed E-state index contributed by atoms with van der Waals surface area (Å²) >= 11 is 0. The Kier molecular flexibility index (Phi) is 10.8.